The summed E-state index contributed by atoms with van der Waals surface area (Å²) < 4.78 is 51.9. The molecule has 1 saturated carbocycles. The monoisotopic (exact) mass is 344 g/mol. The van der Waals surface area contributed by atoms with Crippen molar-refractivity contribution in [3.8, 4) is 0 Å². The van der Waals surface area contributed by atoms with Crippen molar-refractivity contribution < 1.29 is 27.2 Å². The lowest BCUT2D eigenvalue weighted by atomic mass is 9.85. The molecular weight excluding hydrogens is 328 g/mol. The molecule has 0 N–H and O–H groups in total. The minimum absolute atomic E-state index is 0.0406. The Labute approximate surface area is 135 Å². The number of ketones is 1. The molecule has 1 atom stereocenters. The lowest BCUT2D eigenvalue weighted by molar-refractivity contribution is -0.145. The number of halogens is 4. The van der Waals surface area contributed by atoms with Crippen molar-refractivity contribution in [1.82, 2.24) is 9.88 Å². The largest absolute Gasteiger partial charge is 0.417 e. The number of pyridine rings is 1. The smallest absolute Gasteiger partial charge is 0.337 e. The Morgan fingerprint density at radius 1 is 1.33 bits per heavy atom. The molecule has 0 aromatic carbocycles. The maximum Gasteiger partial charge on any atom is 0.417 e. The molecule has 130 valence electrons. The third kappa shape index (κ3) is 2.89. The molecule has 8 heteroatoms. The highest BCUT2D eigenvalue weighted by Crippen LogP contribution is 2.39. The molecule has 2 aliphatic rings. The maximum absolute atomic E-state index is 13.5. The third-order valence-electron chi connectivity index (χ3n) is 4.78. The number of aromatic nitrogens is 1. The first-order valence-electron chi connectivity index (χ1n) is 7.67. The maximum atomic E-state index is 13.5. The highest BCUT2D eigenvalue weighted by atomic mass is 19.4. The van der Waals surface area contributed by atoms with Gasteiger partial charge in [0.25, 0.3) is 0 Å². The number of carbonyl (C=O) groups is 2. The van der Waals surface area contributed by atoms with Crippen LogP contribution in [0.4, 0.5) is 17.6 Å². The number of rotatable bonds is 2. The van der Waals surface area contributed by atoms with Crippen molar-refractivity contribution >= 4 is 11.7 Å². The summed E-state index contributed by atoms with van der Waals surface area (Å²) >= 11 is 0. The second kappa shape index (κ2) is 5.82. The molecule has 0 saturated heterocycles. The zero-order chi connectivity index (χ0) is 17.5. The fourth-order valence-electron chi connectivity index (χ4n) is 3.38. The molecule has 24 heavy (non-hydrogen) atoms. The average molecular weight is 344 g/mol. The van der Waals surface area contributed by atoms with Crippen LogP contribution in [0.25, 0.3) is 0 Å². The summed E-state index contributed by atoms with van der Waals surface area (Å²) in [5.41, 5.74) is -1.37. The van der Waals surface area contributed by atoms with Gasteiger partial charge < -0.3 is 4.90 Å². The SMILES string of the molecule is O=C1CCC(CF)(C(=O)N2CCc3ncc(C(F)(F)F)cc3C2)C1. The van der Waals surface area contributed by atoms with E-state index in [0.717, 1.165) is 12.3 Å². The van der Waals surface area contributed by atoms with Crippen molar-refractivity contribution in [1.29, 1.82) is 0 Å². The number of hydrogen-bond acceptors (Lipinski definition) is 3. The summed E-state index contributed by atoms with van der Waals surface area (Å²) in [7, 11) is 0. The van der Waals surface area contributed by atoms with Gasteiger partial charge in [-0.1, -0.05) is 0 Å². The van der Waals surface area contributed by atoms with Gasteiger partial charge in [0.1, 0.15) is 12.5 Å². The Morgan fingerprint density at radius 3 is 2.67 bits per heavy atom. The lowest BCUT2D eigenvalue weighted by Gasteiger charge is -2.35. The van der Waals surface area contributed by atoms with Gasteiger partial charge in [0.15, 0.2) is 0 Å². The average Bonchev–Trinajstić information content (AvgIpc) is 2.95. The Bertz CT molecular complexity index is 689. The zero-order valence-corrected chi connectivity index (χ0v) is 12.8. The molecule has 1 aromatic heterocycles. The molecule has 0 bridgehead atoms. The minimum atomic E-state index is -4.51. The molecule has 1 aromatic rings. The van der Waals surface area contributed by atoms with E-state index >= 15 is 0 Å². The topological polar surface area (TPSA) is 50.3 Å². The molecular formula is C16H16F4N2O2. The molecule has 1 aliphatic carbocycles. The highest BCUT2D eigenvalue weighted by molar-refractivity contribution is 5.93. The molecule has 0 radical (unpaired) electrons. The molecule has 3 rings (SSSR count). The molecule has 2 heterocycles. The summed E-state index contributed by atoms with van der Waals surface area (Å²) in [6, 6.07) is 0.990. The van der Waals surface area contributed by atoms with E-state index in [0.29, 0.717) is 17.7 Å². The standard InChI is InChI=1S/C16H16F4N2O2/c17-9-15(3-1-12(23)6-15)14(24)22-4-2-13-10(8-22)5-11(7-21-13)16(18,19)20/h5,7H,1-4,6,8-9H2. The lowest BCUT2D eigenvalue weighted by Crippen LogP contribution is -2.46. The summed E-state index contributed by atoms with van der Waals surface area (Å²) in [5, 5.41) is 0. The first kappa shape index (κ1) is 16.9. The van der Waals surface area contributed by atoms with Gasteiger partial charge in [-0.3, -0.25) is 14.6 Å². The van der Waals surface area contributed by atoms with Gasteiger partial charge in [0.05, 0.1) is 11.0 Å². The van der Waals surface area contributed by atoms with E-state index in [9.17, 15) is 27.2 Å². The molecule has 1 amide bonds. The van der Waals surface area contributed by atoms with E-state index in [4.69, 9.17) is 0 Å². The quantitative estimate of drug-likeness (QED) is 0.775. The summed E-state index contributed by atoms with van der Waals surface area (Å²) in [4.78, 5) is 29.4. The summed E-state index contributed by atoms with van der Waals surface area (Å²) in [5.74, 6) is -0.640. The number of Topliss-reactive ketones (excluding diaryl/α,β-unsaturated/α-hetero) is 1. The minimum Gasteiger partial charge on any atom is -0.337 e. The van der Waals surface area contributed by atoms with Crippen molar-refractivity contribution in [2.24, 2.45) is 5.41 Å². The van der Waals surface area contributed by atoms with Crippen molar-refractivity contribution in [2.75, 3.05) is 13.2 Å². The summed E-state index contributed by atoms with van der Waals surface area (Å²) in [6.07, 6.45) is -3.21. The van der Waals surface area contributed by atoms with E-state index in [1.165, 1.54) is 4.90 Å². The van der Waals surface area contributed by atoms with Gasteiger partial charge in [-0.2, -0.15) is 13.2 Å². The van der Waals surface area contributed by atoms with Gasteiger partial charge in [-0.25, -0.2) is 4.39 Å². The van der Waals surface area contributed by atoms with Crippen molar-refractivity contribution in [2.45, 2.75) is 38.4 Å². The van der Waals surface area contributed by atoms with Crippen LogP contribution in [0.2, 0.25) is 0 Å². The van der Waals surface area contributed by atoms with E-state index < -0.39 is 29.7 Å². The zero-order valence-electron chi connectivity index (χ0n) is 12.8. The predicted octanol–water partition coefficient (Wildman–Crippen LogP) is 2.69. The first-order valence-corrected chi connectivity index (χ1v) is 7.67. The molecule has 1 unspecified atom stereocenters. The van der Waals surface area contributed by atoms with E-state index in [-0.39, 0.29) is 38.1 Å². The Kier molecular flexibility index (Phi) is 4.09. The Hall–Kier alpha value is -1.99. The fourth-order valence-corrected chi connectivity index (χ4v) is 3.38. The first-order chi connectivity index (χ1) is 11.2. The van der Waals surface area contributed by atoms with Crippen LogP contribution in [-0.2, 0) is 28.7 Å². The number of hydrogen-bond donors (Lipinski definition) is 0. The third-order valence-corrected chi connectivity index (χ3v) is 4.78. The fraction of sp³-hybridized carbons (Fsp3) is 0.562. The van der Waals surface area contributed by atoms with Crippen LogP contribution in [-0.4, -0.2) is 34.8 Å². The molecule has 4 nitrogen and oxygen atoms in total. The van der Waals surface area contributed by atoms with Gasteiger partial charge in [-0.05, 0) is 18.1 Å². The van der Waals surface area contributed by atoms with Crippen LogP contribution in [0.3, 0.4) is 0 Å². The van der Waals surface area contributed by atoms with Gasteiger partial charge in [0, 0.05) is 44.2 Å². The van der Waals surface area contributed by atoms with Crippen molar-refractivity contribution in [3.05, 3.63) is 29.1 Å². The number of fused-ring (bicyclic) bond motifs is 1. The van der Waals surface area contributed by atoms with Gasteiger partial charge >= 0.3 is 6.18 Å². The van der Waals surface area contributed by atoms with E-state index in [1.807, 2.05) is 0 Å². The second-order valence-electron chi connectivity index (χ2n) is 6.43. The molecule has 1 fully saturated rings. The number of carbonyl (C=O) groups excluding carboxylic acids is 2. The Balaban J connectivity index is 1.84. The molecule has 0 spiro atoms. The normalized spacial score (nSPS) is 24.2. The molecule has 1 aliphatic heterocycles. The van der Waals surface area contributed by atoms with Crippen LogP contribution in [0.15, 0.2) is 12.3 Å². The van der Waals surface area contributed by atoms with Crippen LogP contribution in [0.1, 0.15) is 36.1 Å². The number of alkyl halides is 4. The predicted molar refractivity (Wildman–Crippen MR) is 75.6 cm³/mol. The van der Waals surface area contributed by atoms with Crippen LogP contribution < -0.4 is 0 Å². The van der Waals surface area contributed by atoms with Gasteiger partial charge in [0.2, 0.25) is 5.91 Å². The van der Waals surface area contributed by atoms with Crippen LogP contribution >= 0.6 is 0 Å². The second-order valence-corrected chi connectivity index (χ2v) is 6.43. The van der Waals surface area contributed by atoms with Crippen LogP contribution in [0.5, 0.6) is 0 Å². The van der Waals surface area contributed by atoms with E-state index in [1.54, 1.807) is 0 Å². The number of amides is 1. The van der Waals surface area contributed by atoms with Crippen molar-refractivity contribution in [3.63, 3.8) is 0 Å². The van der Waals surface area contributed by atoms with Crippen LogP contribution in [0, 0.1) is 5.41 Å². The van der Waals surface area contributed by atoms with E-state index in [2.05, 4.69) is 4.98 Å². The number of nitrogens with zero attached hydrogens (tertiary/aromatic N) is 2. The Morgan fingerprint density at radius 2 is 2.08 bits per heavy atom. The summed E-state index contributed by atoms with van der Waals surface area (Å²) in [6.45, 7) is -0.705. The van der Waals surface area contributed by atoms with Gasteiger partial charge in [-0.15, -0.1) is 0 Å². The highest BCUT2D eigenvalue weighted by Gasteiger charge is 2.47.